The lowest BCUT2D eigenvalue weighted by atomic mass is 10.0. The summed E-state index contributed by atoms with van der Waals surface area (Å²) < 4.78 is 5.98. The maximum absolute atomic E-state index is 5.98. The molecule has 1 aromatic rings. The number of para-hydroxylation sites is 1. The molecule has 0 radical (unpaired) electrons. The number of nitrogens with one attached hydrogen (secondary N) is 1. The number of ether oxygens (including phenoxy) is 1. The molecule has 2 unspecified atom stereocenters. The Kier molecular flexibility index (Phi) is 5.49. The summed E-state index contributed by atoms with van der Waals surface area (Å²) >= 11 is 0. The first kappa shape index (κ1) is 14.0. The van der Waals surface area contributed by atoms with Crippen LogP contribution in [0.3, 0.4) is 0 Å². The lowest BCUT2D eigenvalue weighted by Crippen LogP contribution is -2.37. The molecule has 1 aromatic carbocycles. The molecule has 0 aromatic heterocycles. The van der Waals surface area contributed by atoms with E-state index in [-0.39, 0.29) is 0 Å². The van der Waals surface area contributed by atoms with Crippen molar-refractivity contribution in [3.8, 4) is 5.75 Å². The minimum Gasteiger partial charge on any atom is -0.491 e. The van der Waals surface area contributed by atoms with Gasteiger partial charge in [-0.25, -0.2) is 0 Å². The Labute approximate surface area is 105 Å². The highest BCUT2D eigenvalue weighted by Crippen LogP contribution is 2.23. The summed E-state index contributed by atoms with van der Waals surface area (Å²) in [6.45, 7) is 9.40. The average Bonchev–Trinajstić information content (AvgIpc) is 2.32. The van der Waals surface area contributed by atoms with Crippen LogP contribution < -0.4 is 10.1 Å². The number of aryl methyl sites for hydroxylation is 2. The van der Waals surface area contributed by atoms with Crippen LogP contribution in [0.5, 0.6) is 5.75 Å². The van der Waals surface area contributed by atoms with E-state index in [2.05, 4.69) is 51.2 Å². The lowest BCUT2D eigenvalue weighted by Gasteiger charge is -2.23. The number of hydrogen-bond acceptors (Lipinski definition) is 2. The van der Waals surface area contributed by atoms with Crippen LogP contribution in [0.4, 0.5) is 0 Å². The quantitative estimate of drug-likeness (QED) is 0.816. The van der Waals surface area contributed by atoms with Crippen LogP contribution in [-0.2, 0) is 0 Å². The summed E-state index contributed by atoms with van der Waals surface area (Å²) in [5.41, 5.74) is 2.42. The maximum Gasteiger partial charge on any atom is 0.125 e. The summed E-state index contributed by atoms with van der Waals surface area (Å²) in [6.07, 6.45) is 1.17. The Morgan fingerprint density at radius 2 is 1.82 bits per heavy atom. The summed E-state index contributed by atoms with van der Waals surface area (Å²) in [5, 5.41) is 3.34. The van der Waals surface area contributed by atoms with Crippen molar-refractivity contribution in [3.05, 3.63) is 29.3 Å². The molecule has 1 rings (SSSR count). The molecule has 2 heteroatoms. The molecule has 0 heterocycles. The van der Waals surface area contributed by atoms with E-state index >= 15 is 0 Å². The van der Waals surface area contributed by atoms with Crippen LogP contribution in [-0.4, -0.2) is 19.7 Å². The Balaban J connectivity index is 2.66. The van der Waals surface area contributed by atoms with Crippen LogP contribution in [0.25, 0.3) is 0 Å². The molecule has 0 spiro atoms. The van der Waals surface area contributed by atoms with Gasteiger partial charge >= 0.3 is 0 Å². The molecule has 1 N–H and O–H groups in total. The van der Waals surface area contributed by atoms with E-state index in [1.54, 1.807) is 0 Å². The highest BCUT2D eigenvalue weighted by atomic mass is 16.5. The zero-order valence-electron chi connectivity index (χ0n) is 11.7. The highest BCUT2D eigenvalue weighted by Gasteiger charge is 2.15. The third kappa shape index (κ3) is 3.74. The van der Waals surface area contributed by atoms with Gasteiger partial charge in [0.1, 0.15) is 12.4 Å². The average molecular weight is 235 g/mol. The van der Waals surface area contributed by atoms with Crippen molar-refractivity contribution in [2.75, 3.05) is 13.7 Å². The van der Waals surface area contributed by atoms with Crippen molar-refractivity contribution in [1.82, 2.24) is 5.32 Å². The molecule has 0 amide bonds. The third-order valence-corrected chi connectivity index (χ3v) is 3.52. The van der Waals surface area contributed by atoms with E-state index in [1.807, 2.05) is 7.05 Å². The molecule has 0 bridgehead atoms. The molecule has 0 fully saturated rings. The summed E-state index contributed by atoms with van der Waals surface area (Å²) in [7, 11) is 2.00. The van der Waals surface area contributed by atoms with Gasteiger partial charge in [-0.05, 0) is 37.9 Å². The topological polar surface area (TPSA) is 21.3 Å². The fourth-order valence-corrected chi connectivity index (χ4v) is 2.02. The minimum absolute atomic E-state index is 0.416. The normalized spacial score (nSPS) is 14.4. The number of likely N-dealkylation sites (N-methyl/N-ethyl adjacent to an activating group) is 1. The van der Waals surface area contributed by atoms with Crippen LogP contribution in [0, 0.1) is 19.8 Å². The van der Waals surface area contributed by atoms with Gasteiger partial charge in [0.25, 0.3) is 0 Å². The van der Waals surface area contributed by atoms with Gasteiger partial charge in [-0.1, -0.05) is 38.5 Å². The second kappa shape index (κ2) is 6.65. The molecular formula is C15H25NO. The fourth-order valence-electron chi connectivity index (χ4n) is 2.02. The van der Waals surface area contributed by atoms with Crippen molar-refractivity contribution in [2.45, 2.75) is 40.2 Å². The van der Waals surface area contributed by atoms with E-state index in [0.29, 0.717) is 12.0 Å². The van der Waals surface area contributed by atoms with Crippen LogP contribution in [0.2, 0.25) is 0 Å². The van der Waals surface area contributed by atoms with E-state index in [9.17, 15) is 0 Å². The maximum atomic E-state index is 5.98. The van der Waals surface area contributed by atoms with Crippen molar-refractivity contribution < 1.29 is 4.74 Å². The largest absolute Gasteiger partial charge is 0.491 e. The van der Waals surface area contributed by atoms with Crippen molar-refractivity contribution in [2.24, 2.45) is 5.92 Å². The fraction of sp³-hybridized carbons (Fsp3) is 0.600. The van der Waals surface area contributed by atoms with Gasteiger partial charge in [-0.15, -0.1) is 0 Å². The Morgan fingerprint density at radius 1 is 1.24 bits per heavy atom. The molecule has 0 saturated carbocycles. The van der Waals surface area contributed by atoms with Gasteiger partial charge in [0.2, 0.25) is 0 Å². The van der Waals surface area contributed by atoms with Gasteiger partial charge < -0.3 is 10.1 Å². The minimum atomic E-state index is 0.416. The third-order valence-electron chi connectivity index (χ3n) is 3.52. The van der Waals surface area contributed by atoms with Gasteiger partial charge in [0, 0.05) is 6.04 Å². The summed E-state index contributed by atoms with van der Waals surface area (Å²) in [6, 6.07) is 6.68. The standard InChI is InChI=1S/C15H25NO/c1-6-11(2)14(16-5)10-17-15-12(3)8-7-9-13(15)4/h7-9,11,14,16H,6,10H2,1-5H3. The van der Waals surface area contributed by atoms with Crippen molar-refractivity contribution in [1.29, 1.82) is 0 Å². The lowest BCUT2D eigenvalue weighted by molar-refractivity contribution is 0.226. The van der Waals surface area contributed by atoms with Crippen LogP contribution in [0.15, 0.2) is 18.2 Å². The molecule has 0 aliphatic rings. The number of benzene rings is 1. The Bertz CT molecular complexity index is 329. The Morgan fingerprint density at radius 3 is 2.29 bits per heavy atom. The van der Waals surface area contributed by atoms with Gasteiger partial charge in [-0.3, -0.25) is 0 Å². The second-order valence-corrected chi connectivity index (χ2v) is 4.81. The monoisotopic (exact) mass is 235 g/mol. The van der Waals surface area contributed by atoms with E-state index < -0.39 is 0 Å². The van der Waals surface area contributed by atoms with Crippen molar-refractivity contribution >= 4 is 0 Å². The first-order chi connectivity index (χ1) is 8.10. The van der Waals surface area contributed by atoms with Gasteiger partial charge in [0.05, 0.1) is 0 Å². The molecule has 17 heavy (non-hydrogen) atoms. The van der Waals surface area contributed by atoms with Crippen molar-refractivity contribution in [3.63, 3.8) is 0 Å². The number of rotatable bonds is 6. The summed E-state index contributed by atoms with van der Waals surface area (Å²) in [5.74, 6) is 1.67. The van der Waals surface area contributed by atoms with E-state index in [0.717, 1.165) is 12.4 Å². The highest BCUT2D eigenvalue weighted by molar-refractivity contribution is 5.39. The molecule has 0 aliphatic heterocycles. The SMILES string of the molecule is CCC(C)C(COc1c(C)cccc1C)NC. The van der Waals surface area contributed by atoms with Crippen LogP contribution >= 0.6 is 0 Å². The predicted octanol–water partition coefficient (Wildman–Crippen LogP) is 3.32. The zero-order chi connectivity index (χ0) is 12.8. The molecule has 0 aliphatic carbocycles. The van der Waals surface area contributed by atoms with Gasteiger partial charge in [-0.2, -0.15) is 0 Å². The van der Waals surface area contributed by atoms with E-state index in [4.69, 9.17) is 4.74 Å². The predicted molar refractivity (Wildman–Crippen MR) is 73.7 cm³/mol. The summed E-state index contributed by atoms with van der Waals surface area (Å²) in [4.78, 5) is 0. The Hall–Kier alpha value is -1.02. The molecule has 2 atom stereocenters. The molecule has 96 valence electrons. The molecular weight excluding hydrogens is 210 g/mol. The van der Waals surface area contributed by atoms with Gasteiger partial charge in [0.15, 0.2) is 0 Å². The first-order valence-electron chi connectivity index (χ1n) is 6.46. The molecule has 2 nitrogen and oxygen atoms in total. The smallest absolute Gasteiger partial charge is 0.125 e. The van der Waals surface area contributed by atoms with E-state index in [1.165, 1.54) is 17.5 Å². The second-order valence-electron chi connectivity index (χ2n) is 4.81. The zero-order valence-corrected chi connectivity index (χ0v) is 11.7. The molecule has 0 saturated heterocycles. The first-order valence-corrected chi connectivity index (χ1v) is 6.46. The number of hydrogen-bond donors (Lipinski definition) is 1. The van der Waals surface area contributed by atoms with Crippen LogP contribution in [0.1, 0.15) is 31.4 Å².